The molecule has 0 aromatic rings. The first-order valence-electron chi connectivity index (χ1n) is 6.91. The molecule has 0 radical (unpaired) electrons. The number of ether oxygens (including phenoxy) is 1. The van der Waals surface area contributed by atoms with Crippen LogP contribution in [0.5, 0.6) is 0 Å². The van der Waals surface area contributed by atoms with Crippen LogP contribution in [0.25, 0.3) is 0 Å². The van der Waals surface area contributed by atoms with Gasteiger partial charge in [0, 0.05) is 19.6 Å². The highest BCUT2D eigenvalue weighted by Gasteiger charge is 2.38. The standard InChI is InChI=1S/C13H23N3O5/c1-5-14-11(19)15-6-7-16(9(8-15)10(17)18)12(20)21-13(2,3)4/h9H,5-8H2,1-4H3,(H,14,19)(H,17,18). The van der Waals surface area contributed by atoms with Gasteiger partial charge in [-0.05, 0) is 27.7 Å². The average Bonchev–Trinajstić information content (AvgIpc) is 2.36. The summed E-state index contributed by atoms with van der Waals surface area (Å²) in [6.45, 7) is 7.73. The van der Waals surface area contributed by atoms with E-state index in [2.05, 4.69) is 5.32 Å². The van der Waals surface area contributed by atoms with Gasteiger partial charge in [0.1, 0.15) is 5.60 Å². The summed E-state index contributed by atoms with van der Waals surface area (Å²) in [5.41, 5.74) is -0.698. The molecule has 1 aliphatic rings. The van der Waals surface area contributed by atoms with Gasteiger partial charge in [0.15, 0.2) is 6.04 Å². The van der Waals surface area contributed by atoms with Gasteiger partial charge in [-0.2, -0.15) is 0 Å². The van der Waals surface area contributed by atoms with E-state index in [1.807, 2.05) is 0 Å². The van der Waals surface area contributed by atoms with Crippen molar-refractivity contribution in [1.82, 2.24) is 15.1 Å². The number of nitrogens with zero attached hydrogens (tertiary/aromatic N) is 2. The van der Waals surface area contributed by atoms with Gasteiger partial charge in [-0.15, -0.1) is 0 Å². The molecule has 0 aromatic heterocycles. The SMILES string of the molecule is CCNC(=O)N1CCN(C(=O)OC(C)(C)C)C(C(=O)O)C1. The highest BCUT2D eigenvalue weighted by atomic mass is 16.6. The lowest BCUT2D eigenvalue weighted by Gasteiger charge is -2.39. The summed E-state index contributed by atoms with van der Waals surface area (Å²) in [6, 6.07) is -1.43. The maximum Gasteiger partial charge on any atom is 0.411 e. The van der Waals surface area contributed by atoms with Crippen LogP contribution in [-0.2, 0) is 9.53 Å². The maximum atomic E-state index is 12.1. The molecule has 1 rings (SSSR count). The van der Waals surface area contributed by atoms with E-state index >= 15 is 0 Å². The van der Waals surface area contributed by atoms with Crippen LogP contribution in [-0.4, -0.2) is 70.8 Å². The van der Waals surface area contributed by atoms with E-state index in [0.717, 1.165) is 4.90 Å². The lowest BCUT2D eigenvalue weighted by atomic mass is 10.1. The predicted molar refractivity (Wildman–Crippen MR) is 75.0 cm³/mol. The Morgan fingerprint density at radius 3 is 2.38 bits per heavy atom. The number of amides is 3. The second-order valence-electron chi connectivity index (χ2n) is 5.81. The third-order valence-electron chi connectivity index (χ3n) is 2.91. The van der Waals surface area contributed by atoms with E-state index in [9.17, 15) is 19.5 Å². The first-order valence-corrected chi connectivity index (χ1v) is 6.91. The molecule has 1 heterocycles. The van der Waals surface area contributed by atoms with Gasteiger partial charge >= 0.3 is 18.1 Å². The summed E-state index contributed by atoms with van der Waals surface area (Å²) in [6.07, 6.45) is -0.676. The second kappa shape index (κ2) is 6.64. The molecular weight excluding hydrogens is 278 g/mol. The van der Waals surface area contributed by atoms with E-state index in [4.69, 9.17) is 4.74 Å². The number of aliphatic carboxylic acids is 1. The largest absolute Gasteiger partial charge is 0.480 e. The summed E-state index contributed by atoms with van der Waals surface area (Å²) < 4.78 is 5.21. The number of hydrogen-bond donors (Lipinski definition) is 2. The van der Waals surface area contributed by atoms with E-state index in [1.165, 1.54) is 4.90 Å². The van der Waals surface area contributed by atoms with Gasteiger partial charge in [0.2, 0.25) is 0 Å². The molecule has 1 saturated heterocycles. The summed E-state index contributed by atoms with van der Waals surface area (Å²) in [4.78, 5) is 37.7. The molecule has 0 bridgehead atoms. The van der Waals surface area contributed by atoms with Crippen molar-refractivity contribution in [3.8, 4) is 0 Å². The number of carbonyl (C=O) groups excluding carboxylic acids is 2. The molecule has 0 aliphatic carbocycles. The normalized spacial score (nSPS) is 19.1. The fourth-order valence-corrected chi connectivity index (χ4v) is 1.98. The number of carboxylic acid groups (broad SMARTS) is 1. The molecule has 8 nitrogen and oxygen atoms in total. The molecule has 8 heteroatoms. The number of carbonyl (C=O) groups is 3. The molecule has 1 atom stereocenters. The minimum absolute atomic E-state index is 0.0551. The van der Waals surface area contributed by atoms with Gasteiger partial charge < -0.3 is 20.1 Å². The average molecular weight is 301 g/mol. The zero-order chi connectivity index (χ0) is 16.2. The summed E-state index contributed by atoms with van der Waals surface area (Å²) in [5.74, 6) is -1.16. The van der Waals surface area contributed by atoms with Crippen molar-refractivity contribution in [2.45, 2.75) is 39.3 Å². The molecule has 120 valence electrons. The van der Waals surface area contributed by atoms with Crippen LogP contribution in [0.3, 0.4) is 0 Å². The summed E-state index contributed by atoms with van der Waals surface area (Å²) >= 11 is 0. The molecule has 0 saturated carbocycles. The van der Waals surface area contributed by atoms with Gasteiger partial charge in [-0.25, -0.2) is 14.4 Å². The Labute approximate surface area is 124 Å². The minimum Gasteiger partial charge on any atom is -0.480 e. The van der Waals surface area contributed by atoms with Crippen LogP contribution in [0.1, 0.15) is 27.7 Å². The lowest BCUT2D eigenvalue weighted by molar-refractivity contribution is -0.145. The molecule has 1 fully saturated rings. The monoisotopic (exact) mass is 301 g/mol. The fourth-order valence-electron chi connectivity index (χ4n) is 1.98. The maximum absolute atomic E-state index is 12.1. The number of nitrogens with one attached hydrogen (secondary N) is 1. The smallest absolute Gasteiger partial charge is 0.411 e. The van der Waals surface area contributed by atoms with Gasteiger partial charge in [0.25, 0.3) is 0 Å². The molecule has 2 N–H and O–H groups in total. The Balaban J connectivity index is 2.78. The molecule has 21 heavy (non-hydrogen) atoms. The summed E-state index contributed by atoms with van der Waals surface area (Å²) in [7, 11) is 0. The van der Waals surface area contributed by atoms with E-state index in [-0.39, 0.29) is 25.7 Å². The first-order chi connectivity index (χ1) is 9.65. The van der Waals surface area contributed by atoms with Crippen molar-refractivity contribution in [2.75, 3.05) is 26.2 Å². The zero-order valence-corrected chi connectivity index (χ0v) is 12.9. The Morgan fingerprint density at radius 1 is 1.29 bits per heavy atom. The van der Waals surface area contributed by atoms with Crippen molar-refractivity contribution in [1.29, 1.82) is 0 Å². The van der Waals surface area contributed by atoms with Crippen LogP contribution in [0.2, 0.25) is 0 Å². The van der Waals surface area contributed by atoms with Gasteiger partial charge in [-0.1, -0.05) is 0 Å². The topological polar surface area (TPSA) is 99.2 Å². The molecule has 0 spiro atoms. The van der Waals surface area contributed by atoms with Crippen LogP contribution < -0.4 is 5.32 Å². The Bertz CT molecular complexity index is 419. The van der Waals surface area contributed by atoms with Crippen LogP contribution >= 0.6 is 0 Å². The van der Waals surface area contributed by atoms with Crippen LogP contribution in [0, 0.1) is 0 Å². The molecule has 1 unspecified atom stereocenters. The van der Waals surface area contributed by atoms with Gasteiger partial charge in [-0.3, -0.25) is 4.90 Å². The third kappa shape index (κ3) is 4.80. The van der Waals surface area contributed by atoms with Crippen LogP contribution in [0.15, 0.2) is 0 Å². The lowest BCUT2D eigenvalue weighted by Crippen LogP contribution is -2.61. The first kappa shape index (κ1) is 17.1. The highest BCUT2D eigenvalue weighted by molar-refractivity contribution is 5.82. The Hall–Kier alpha value is -1.99. The van der Waals surface area contributed by atoms with Crippen molar-refractivity contribution in [3.63, 3.8) is 0 Å². The van der Waals surface area contributed by atoms with E-state index < -0.39 is 23.7 Å². The van der Waals surface area contributed by atoms with Gasteiger partial charge in [0.05, 0.1) is 6.54 Å². The minimum atomic E-state index is -1.16. The number of carboxylic acids is 1. The number of piperazine rings is 1. The second-order valence-corrected chi connectivity index (χ2v) is 5.81. The van der Waals surface area contributed by atoms with Crippen LogP contribution in [0.4, 0.5) is 9.59 Å². The number of hydrogen-bond acceptors (Lipinski definition) is 4. The van der Waals surface area contributed by atoms with Crippen molar-refractivity contribution >= 4 is 18.1 Å². The number of urea groups is 1. The molecule has 1 aliphatic heterocycles. The number of rotatable bonds is 2. The molecule has 3 amide bonds. The van der Waals surface area contributed by atoms with Crippen molar-refractivity contribution < 1.29 is 24.2 Å². The van der Waals surface area contributed by atoms with Crippen molar-refractivity contribution in [2.24, 2.45) is 0 Å². The van der Waals surface area contributed by atoms with E-state index in [1.54, 1.807) is 27.7 Å². The molecule has 0 aromatic carbocycles. The fraction of sp³-hybridized carbons (Fsp3) is 0.769. The highest BCUT2D eigenvalue weighted by Crippen LogP contribution is 2.16. The third-order valence-corrected chi connectivity index (χ3v) is 2.91. The Morgan fingerprint density at radius 2 is 1.90 bits per heavy atom. The summed E-state index contributed by atoms with van der Waals surface area (Å²) in [5, 5.41) is 11.9. The van der Waals surface area contributed by atoms with E-state index in [0.29, 0.717) is 6.54 Å². The van der Waals surface area contributed by atoms with Crippen molar-refractivity contribution in [3.05, 3.63) is 0 Å². The zero-order valence-electron chi connectivity index (χ0n) is 12.9. The molecular formula is C13H23N3O5. The Kier molecular flexibility index (Phi) is 5.40. The predicted octanol–water partition coefficient (Wildman–Crippen LogP) is 0.722. The quantitative estimate of drug-likeness (QED) is 0.783.